The van der Waals surface area contributed by atoms with Crippen LogP contribution in [0, 0.1) is 5.92 Å². The van der Waals surface area contributed by atoms with E-state index in [9.17, 15) is 9.59 Å². The molecule has 4 heterocycles. The van der Waals surface area contributed by atoms with E-state index in [0.29, 0.717) is 65.8 Å². The van der Waals surface area contributed by atoms with Crippen LogP contribution in [0.4, 0.5) is 0 Å². The normalized spacial score (nSPS) is 17.7. The predicted molar refractivity (Wildman–Crippen MR) is 260 cm³/mol. The third-order valence-electron chi connectivity index (χ3n) is 12.9. The molecule has 2 aliphatic heterocycles. The van der Waals surface area contributed by atoms with Gasteiger partial charge in [-0.2, -0.15) is 0 Å². The third-order valence-corrected chi connectivity index (χ3v) is 15.0. The van der Waals surface area contributed by atoms with E-state index in [-0.39, 0.29) is 11.8 Å². The van der Waals surface area contributed by atoms with Crippen molar-refractivity contribution in [3.05, 3.63) is 106 Å². The van der Waals surface area contributed by atoms with Gasteiger partial charge < -0.3 is 34.1 Å². The summed E-state index contributed by atoms with van der Waals surface area (Å²) >= 11 is 3.32. The largest absolute Gasteiger partial charge is 0.493 e. The van der Waals surface area contributed by atoms with Crippen LogP contribution in [-0.2, 0) is 13.1 Å². The van der Waals surface area contributed by atoms with Crippen molar-refractivity contribution in [3.63, 3.8) is 0 Å². The van der Waals surface area contributed by atoms with Crippen LogP contribution in [0.3, 0.4) is 0 Å². The zero-order valence-electron chi connectivity index (χ0n) is 38.1. The molecule has 2 aromatic heterocycles. The molecule has 1 N–H and O–H groups in total. The van der Waals surface area contributed by atoms with Crippen LogP contribution in [-0.4, -0.2) is 110 Å². The van der Waals surface area contributed by atoms with E-state index >= 15 is 0 Å². The van der Waals surface area contributed by atoms with Gasteiger partial charge in [-0.25, -0.2) is 9.97 Å². The van der Waals surface area contributed by atoms with Gasteiger partial charge in [-0.3, -0.25) is 14.5 Å². The van der Waals surface area contributed by atoms with Crippen LogP contribution in [0.15, 0.2) is 84.9 Å². The van der Waals surface area contributed by atoms with E-state index in [1.165, 1.54) is 45.1 Å². The molecule has 4 aromatic carbocycles. The number of carbonyl (C=O) groups excluding carboxylic acids is 2. The summed E-state index contributed by atoms with van der Waals surface area (Å²) in [7, 11) is 6.38. The average Bonchev–Trinajstić information content (AvgIpc) is 4.19. The van der Waals surface area contributed by atoms with Crippen molar-refractivity contribution in [2.75, 3.05) is 61.2 Å². The van der Waals surface area contributed by atoms with Crippen LogP contribution in [0.25, 0.3) is 20.4 Å². The first kappa shape index (κ1) is 46.3. The monoisotopic (exact) mass is 918 g/mol. The summed E-state index contributed by atoms with van der Waals surface area (Å²) < 4.78 is 23.9. The molecule has 0 radical (unpaired) electrons. The van der Waals surface area contributed by atoms with Crippen LogP contribution >= 0.6 is 22.7 Å². The number of likely N-dealkylation sites (tertiary alicyclic amines) is 1. The Bertz CT molecular complexity index is 2450. The maximum Gasteiger partial charge on any atom is 0.254 e. The number of nitrogens with one attached hydrogen (secondary N) is 1. The number of hydrogen-bond donors (Lipinski definition) is 1. The van der Waals surface area contributed by atoms with Crippen molar-refractivity contribution in [2.45, 2.75) is 83.0 Å². The van der Waals surface area contributed by atoms with Crippen LogP contribution < -0.4 is 24.3 Å². The number of fused-ring (bicyclic) bond motifs is 2. The van der Waals surface area contributed by atoms with Gasteiger partial charge in [-0.1, -0.05) is 43.5 Å². The minimum Gasteiger partial charge on any atom is -0.493 e. The maximum atomic E-state index is 13.9. The smallest absolute Gasteiger partial charge is 0.254 e. The Morgan fingerprint density at radius 1 is 0.631 bits per heavy atom. The summed E-state index contributed by atoms with van der Waals surface area (Å²) in [4.78, 5) is 43.4. The molecule has 9 rings (SSSR count). The Kier molecular flexibility index (Phi) is 15.9. The van der Waals surface area contributed by atoms with Gasteiger partial charge in [0.2, 0.25) is 0 Å². The molecule has 2 amide bonds. The number of benzene rings is 4. The molecule has 2 saturated heterocycles. The van der Waals surface area contributed by atoms with Crippen LogP contribution in [0.2, 0.25) is 0 Å². The highest BCUT2D eigenvalue weighted by atomic mass is 32.1. The Balaban J connectivity index is 0.000000181. The van der Waals surface area contributed by atoms with Crippen molar-refractivity contribution in [3.8, 4) is 23.0 Å². The zero-order valence-corrected chi connectivity index (χ0v) is 39.8. The molecule has 14 heteroatoms. The molecule has 0 spiro atoms. The lowest BCUT2D eigenvalue weighted by atomic mass is 9.89. The lowest BCUT2D eigenvalue weighted by Gasteiger charge is -2.34. The molecule has 0 bridgehead atoms. The molecule has 1 saturated carbocycles. The lowest BCUT2D eigenvalue weighted by Crippen LogP contribution is -2.44. The molecular weight excluding hydrogens is 857 g/mol. The van der Waals surface area contributed by atoms with Crippen molar-refractivity contribution >= 4 is 54.9 Å². The second kappa shape index (κ2) is 22.3. The molecule has 344 valence electrons. The van der Waals surface area contributed by atoms with Crippen LogP contribution in [0.5, 0.6) is 23.0 Å². The molecule has 12 nitrogen and oxygen atoms in total. The second-order valence-corrected chi connectivity index (χ2v) is 19.5. The number of thiazole rings is 2. The van der Waals surface area contributed by atoms with E-state index in [0.717, 1.165) is 75.3 Å². The Morgan fingerprint density at radius 2 is 1.17 bits per heavy atom. The van der Waals surface area contributed by atoms with Gasteiger partial charge in [0.15, 0.2) is 23.0 Å². The van der Waals surface area contributed by atoms with E-state index in [4.69, 9.17) is 28.9 Å². The van der Waals surface area contributed by atoms with E-state index < -0.39 is 0 Å². The molecule has 1 aliphatic carbocycles. The van der Waals surface area contributed by atoms with Gasteiger partial charge in [-0.05, 0) is 118 Å². The summed E-state index contributed by atoms with van der Waals surface area (Å²) in [6.07, 6.45) is 11.4. The quantitative estimate of drug-likeness (QED) is 0.101. The number of para-hydroxylation sites is 2. The topological polar surface area (TPSA) is 119 Å². The highest BCUT2D eigenvalue weighted by Gasteiger charge is 2.32. The average molecular weight is 919 g/mol. The standard InChI is InChI=1S/C29H37N3O3S.C22H25N3O3S/c1-34-25-15-14-22(17-26(25)35-2)29(33)32(20-28-30-24-12-6-7-13-27(24)36-28)19-23-11-8-16-31(23)18-21-9-4-3-5-10-21;1-27-18-10-9-15(12-19(18)28-2)22(26)25(13-16-6-5-11-23-16)14-21-24-17-7-3-4-8-20(17)29-21/h6-7,12-15,17,21,23H,3-5,8-11,16,18-20H2,1-2H3;3-4,7-10,12,16,23H,5-6,11,13-14H2,1-2H3/t23-;16-/m00/s1. The molecule has 0 unspecified atom stereocenters. The molecule has 65 heavy (non-hydrogen) atoms. The molecule has 6 aromatic rings. The zero-order chi connectivity index (χ0) is 45.1. The fourth-order valence-electron chi connectivity index (χ4n) is 9.52. The highest BCUT2D eigenvalue weighted by molar-refractivity contribution is 7.18. The third kappa shape index (κ3) is 11.6. The van der Waals surface area contributed by atoms with Gasteiger partial charge in [0, 0.05) is 42.8 Å². The number of hydrogen-bond acceptors (Lipinski definition) is 12. The number of aromatic nitrogens is 2. The van der Waals surface area contributed by atoms with Crippen LogP contribution in [0.1, 0.15) is 88.5 Å². The number of nitrogens with zero attached hydrogens (tertiary/aromatic N) is 5. The summed E-state index contributed by atoms with van der Waals surface area (Å²) in [5.41, 5.74) is 3.17. The second-order valence-electron chi connectivity index (χ2n) is 17.2. The minimum absolute atomic E-state index is 0.0136. The summed E-state index contributed by atoms with van der Waals surface area (Å²) in [6.45, 7) is 5.69. The van der Waals surface area contributed by atoms with Gasteiger partial charge in [0.25, 0.3) is 11.8 Å². The fraction of sp³-hybridized carbons (Fsp3) is 0.451. The van der Waals surface area contributed by atoms with E-state index in [2.05, 4.69) is 22.3 Å². The van der Waals surface area contributed by atoms with Crippen molar-refractivity contribution in [2.24, 2.45) is 5.92 Å². The SMILES string of the molecule is COc1ccc(C(=O)N(Cc2nc3ccccc3s2)C[C@@H]2CCCN2)cc1OC.COc1ccc(C(=O)N(Cc2nc3ccccc3s2)C[C@@H]2CCCN2CC2CCCCC2)cc1OC. The van der Waals surface area contributed by atoms with Crippen molar-refractivity contribution in [1.82, 2.24) is 30.0 Å². The first-order chi connectivity index (χ1) is 31.8. The number of amides is 2. The molecule has 2 atom stereocenters. The summed E-state index contributed by atoms with van der Waals surface area (Å²) in [5, 5.41) is 5.41. The molecule has 3 aliphatic rings. The Hall–Kier alpha value is -5.28. The number of methoxy groups -OCH3 is 4. The first-order valence-corrected chi connectivity index (χ1v) is 24.6. The Morgan fingerprint density at radius 3 is 1.68 bits per heavy atom. The Labute approximate surface area is 390 Å². The summed E-state index contributed by atoms with van der Waals surface area (Å²) in [5.74, 6) is 3.15. The van der Waals surface area contributed by atoms with E-state index in [1.807, 2.05) is 58.3 Å². The first-order valence-electron chi connectivity index (χ1n) is 23.0. The maximum absolute atomic E-state index is 13.9. The number of carbonyl (C=O) groups is 2. The molecular formula is C51H62N6O6S2. The van der Waals surface area contributed by atoms with Gasteiger partial charge in [0.1, 0.15) is 10.0 Å². The fourth-order valence-corrected chi connectivity index (χ4v) is 11.5. The van der Waals surface area contributed by atoms with E-state index in [1.54, 1.807) is 75.4 Å². The minimum atomic E-state index is -0.0288. The number of ether oxygens (including phenoxy) is 4. The van der Waals surface area contributed by atoms with Gasteiger partial charge in [-0.15, -0.1) is 22.7 Å². The predicted octanol–water partition coefficient (Wildman–Crippen LogP) is 9.71. The number of rotatable bonds is 16. The lowest BCUT2D eigenvalue weighted by molar-refractivity contribution is 0.0675. The summed E-state index contributed by atoms with van der Waals surface area (Å²) in [6, 6.07) is 27.7. The van der Waals surface area contributed by atoms with Gasteiger partial charge >= 0.3 is 0 Å². The molecule has 3 fully saturated rings. The van der Waals surface area contributed by atoms with Crippen molar-refractivity contribution < 1.29 is 28.5 Å². The van der Waals surface area contributed by atoms with Gasteiger partial charge in [0.05, 0.1) is 62.0 Å². The van der Waals surface area contributed by atoms with Crippen molar-refractivity contribution in [1.29, 1.82) is 0 Å². The highest BCUT2D eigenvalue weighted by Crippen LogP contribution is 2.33.